The van der Waals surface area contributed by atoms with Gasteiger partial charge in [0.25, 0.3) is 5.91 Å². The van der Waals surface area contributed by atoms with Crippen LogP contribution >= 0.6 is 11.3 Å². The number of aromatic nitrogens is 1. The summed E-state index contributed by atoms with van der Waals surface area (Å²) < 4.78 is 18.6. The molecule has 1 amide bonds. The van der Waals surface area contributed by atoms with Crippen LogP contribution in [0.3, 0.4) is 0 Å². The van der Waals surface area contributed by atoms with Crippen molar-refractivity contribution in [2.75, 3.05) is 11.9 Å². The number of thiazole rings is 1. The van der Waals surface area contributed by atoms with Crippen molar-refractivity contribution in [1.29, 1.82) is 0 Å². The SMILES string of the molecule is O=C(COC(=O)c1ccc(F)cc1)Nc1nc2ccccc2s1. The molecule has 0 fully saturated rings. The monoisotopic (exact) mass is 330 g/mol. The zero-order valence-electron chi connectivity index (χ0n) is 11.8. The van der Waals surface area contributed by atoms with Gasteiger partial charge in [-0.05, 0) is 36.4 Å². The van der Waals surface area contributed by atoms with Gasteiger partial charge >= 0.3 is 5.97 Å². The van der Waals surface area contributed by atoms with Crippen molar-refractivity contribution in [3.8, 4) is 0 Å². The molecule has 0 spiro atoms. The number of ether oxygens (including phenoxy) is 1. The summed E-state index contributed by atoms with van der Waals surface area (Å²) in [5.74, 6) is -1.63. The first-order valence-corrected chi connectivity index (χ1v) is 7.51. The Morgan fingerprint density at radius 3 is 2.61 bits per heavy atom. The molecule has 0 bridgehead atoms. The van der Waals surface area contributed by atoms with Gasteiger partial charge in [0, 0.05) is 0 Å². The molecular weight excluding hydrogens is 319 g/mol. The summed E-state index contributed by atoms with van der Waals surface area (Å²) in [5, 5.41) is 3.02. The minimum absolute atomic E-state index is 0.180. The number of carbonyl (C=O) groups excluding carboxylic acids is 2. The highest BCUT2D eigenvalue weighted by Crippen LogP contribution is 2.25. The second kappa shape index (κ2) is 6.53. The zero-order valence-corrected chi connectivity index (χ0v) is 12.6. The number of hydrogen-bond donors (Lipinski definition) is 1. The van der Waals surface area contributed by atoms with E-state index in [2.05, 4.69) is 10.3 Å². The molecule has 3 rings (SSSR count). The third-order valence-corrected chi connectivity index (χ3v) is 3.91. The Hall–Kier alpha value is -2.80. The number of hydrogen-bond acceptors (Lipinski definition) is 5. The molecule has 7 heteroatoms. The van der Waals surface area contributed by atoms with Gasteiger partial charge in [-0.3, -0.25) is 10.1 Å². The number of rotatable bonds is 4. The Morgan fingerprint density at radius 1 is 1.13 bits per heavy atom. The number of benzene rings is 2. The summed E-state index contributed by atoms with van der Waals surface area (Å²) in [6.45, 7) is -0.438. The molecule has 0 atom stereocenters. The molecule has 23 heavy (non-hydrogen) atoms. The fourth-order valence-corrected chi connectivity index (χ4v) is 2.76. The fraction of sp³-hybridized carbons (Fsp3) is 0.0625. The highest BCUT2D eigenvalue weighted by Gasteiger charge is 2.12. The summed E-state index contributed by atoms with van der Waals surface area (Å²) in [5.41, 5.74) is 0.968. The van der Waals surface area contributed by atoms with Crippen LogP contribution in [-0.2, 0) is 9.53 Å². The summed E-state index contributed by atoms with van der Waals surface area (Å²) in [7, 11) is 0. The molecule has 0 aliphatic rings. The number of fused-ring (bicyclic) bond motifs is 1. The largest absolute Gasteiger partial charge is 0.452 e. The van der Waals surface area contributed by atoms with Crippen LogP contribution in [0.5, 0.6) is 0 Å². The van der Waals surface area contributed by atoms with Crippen molar-refractivity contribution in [2.24, 2.45) is 0 Å². The standard InChI is InChI=1S/C16H11FN2O3S/c17-11-7-5-10(6-8-11)15(21)22-9-14(20)19-16-18-12-3-1-2-4-13(12)23-16/h1-8H,9H2,(H,18,19,20). The highest BCUT2D eigenvalue weighted by molar-refractivity contribution is 7.22. The molecule has 0 saturated heterocycles. The van der Waals surface area contributed by atoms with Gasteiger partial charge in [0.15, 0.2) is 11.7 Å². The molecule has 0 saturated carbocycles. The predicted octanol–water partition coefficient (Wildman–Crippen LogP) is 3.23. The van der Waals surface area contributed by atoms with Crippen molar-refractivity contribution in [3.05, 3.63) is 59.9 Å². The van der Waals surface area contributed by atoms with Gasteiger partial charge in [0.05, 0.1) is 15.8 Å². The first-order chi connectivity index (χ1) is 11.1. The van der Waals surface area contributed by atoms with Gasteiger partial charge in [0.1, 0.15) is 5.82 Å². The number of halogens is 1. The van der Waals surface area contributed by atoms with Gasteiger partial charge in [-0.25, -0.2) is 14.2 Å². The van der Waals surface area contributed by atoms with E-state index in [0.29, 0.717) is 5.13 Å². The maximum atomic E-state index is 12.8. The Labute approximate surface area is 134 Å². The highest BCUT2D eigenvalue weighted by atomic mass is 32.1. The van der Waals surface area contributed by atoms with Gasteiger partial charge in [-0.2, -0.15) is 0 Å². The number of nitrogens with zero attached hydrogens (tertiary/aromatic N) is 1. The first kappa shape index (κ1) is 15.1. The molecule has 0 radical (unpaired) electrons. The van der Waals surface area contributed by atoms with E-state index in [4.69, 9.17) is 4.74 Å². The van der Waals surface area contributed by atoms with E-state index in [-0.39, 0.29) is 5.56 Å². The molecule has 0 unspecified atom stereocenters. The number of carbonyl (C=O) groups is 2. The van der Waals surface area contributed by atoms with Crippen LogP contribution in [0.4, 0.5) is 9.52 Å². The number of anilines is 1. The van der Waals surface area contributed by atoms with Crippen LogP contribution in [-0.4, -0.2) is 23.5 Å². The molecule has 0 aliphatic heterocycles. The summed E-state index contributed by atoms with van der Waals surface area (Å²) in [6, 6.07) is 12.4. The lowest BCUT2D eigenvalue weighted by Crippen LogP contribution is -2.20. The quantitative estimate of drug-likeness (QED) is 0.746. The van der Waals surface area contributed by atoms with Crippen molar-refractivity contribution >= 4 is 38.6 Å². The maximum Gasteiger partial charge on any atom is 0.338 e. The maximum absolute atomic E-state index is 12.8. The van der Waals surface area contributed by atoms with Gasteiger partial charge in [-0.1, -0.05) is 23.5 Å². The zero-order chi connectivity index (χ0) is 16.2. The van der Waals surface area contributed by atoms with Crippen molar-refractivity contribution in [2.45, 2.75) is 0 Å². The van der Waals surface area contributed by atoms with Crippen LogP contribution < -0.4 is 5.32 Å². The van der Waals surface area contributed by atoms with E-state index in [1.807, 2.05) is 24.3 Å². The number of nitrogens with one attached hydrogen (secondary N) is 1. The Balaban J connectivity index is 1.56. The van der Waals surface area contributed by atoms with Gasteiger partial charge in [-0.15, -0.1) is 0 Å². The lowest BCUT2D eigenvalue weighted by atomic mass is 10.2. The van der Waals surface area contributed by atoms with E-state index in [1.165, 1.54) is 23.5 Å². The summed E-state index contributed by atoms with van der Waals surface area (Å²) >= 11 is 1.33. The number of amides is 1. The molecule has 3 aromatic rings. The normalized spacial score (nSPS) is 10.5. The minimum Gasteiger partial charge on any atom is -0.452 e. The van der Waals surface area contributed by atoms with E-state index in [0.717, 1.165) is 22.3 Å². The molecule has 116 valence electrons. The topological polar surface area (TPSA) is 68.3 Å². The molecule has 1 N–H and O–H groups in total. The van der Waals surface area contributed by atoms with E-state index < -0.39 is 24.3 Å². The van der Waals surface area contributed by atoms with Crippen molar-refractivity contribution in [1.82, 2.24) is 4.98 Å². The van der Waals surface area contributed by atoms with Crippen molar-refractivity contribution < 1.29 is 18.7 Å². The Bertz CT molecular complexity index is 828. The van der Waals surface area contributed by atoms with Crippen LogP contribution in [0.2, 0.25) is 0 Å². The molecular formula is C16H11FN2O3S. The smallest absolute Gasteiger partial charge is 0.338 e. The lowest BCUT2D eigenvalue weighted by molar-refractivity contribution is -0.119. The Morgan fingerprint density at radius 2 is 1.87 bits per heavy atom. The second-order valence-electron chi connectivity index (χ2n) is 4.62. The van der Waals surface area contributed by atoms with Crippen molar-refractivity contribution in [3.63, 3.8) is 0 Å². The molecule has 0 aliphatic carbocycles. The van der Waals surface area contributed by atoms with Crippen LogP contribution in [0, 0.1) is 5.82 Å². The lowest BCUT2D eigenvalue weighted by Gasteiger charge is -2.04. The van der Waals surface area contributed by atoms with Crippen LogP contribution in [0.15, 0.2) is 48.5 Å². The van der Waals surface area contributed by atoms with E-state index in [9.17, 15) is 14.0 Å². The molecule has 1 heterocycles. The predicted molar refractivity (Wildman–Crippen MR) is 84.9 cm³/mol. The van der Waals surface area contributed by atoms with Gasteiger partial charge < -0.3 is 4.74 Å². The number of para-hydroxylation sites is 1. The molecule has 2 aromatic carbocycles. The minimum atomic E-state index is -0.690. The van der Waals surface area contributed by atoms with Gasteiger partial charge in [0.2, 0.25) is 0 Å². The third kappa shape index (κ3) is 3.70. The number of esters is 1. The average Bonchev–Trinajstić information content (AvgIpc) is 2.95. The molecule has 5 nitrogen and oxygen atoms in total. The second-order valence-corrected chi connectivity index (χ2v) is 5.65. The average molecular weight is 330 g/mol. The van der Waals surface area contributed by atoms with Crippen LogP contribution in [0.25, 0.3) is 10.2 Å². The van der Waals surface area contributed by atoms with E-state index >= 15 is 0 Å². The summed E-state index contributed by atoms with van der Waals surface area (Å²) in [4.78, 5) is 27.8. The first-order valence-electron chi connectivity index (χ1n) is 6.70. The summed E-state index contributed by atoms with van der Waals surface area (Å²) in [6.07, 6.45) is 0. The Kier molecular flexibility index (Phi) is 4.29. The molecule has 1 aromatic heterocycles. The van der Waals surface area contributed by atoms with E-state index in [1.54, 1.807) is 0 Å². The fourth-order valence-electron chi connectivity index (χ4n) is 1.88. The van der Waals surface area contributed by atoms with Crippen LogP contribution in [0.1, 0.15) is 10.4 Å². The third-order valence-electron chi connectivity index (χ3n) is 2.95.